The van der Waals surface area contributed by atoms with Crippen molar-refractivity contribution in [3.63, 3.8) is 0 Å². The minimum Gasteiger partial charge on any atom is -0.277 e. The maximum absolute atomic E-state index is 4.67. The van der Waals surface area contributed by atoms with E-state index in [0.717, 1.165) is 22.2 Å². The molecule has 0 saturated carbocycles. The van der Waals surface area contributed by atoms with Crippen molar-refractivity contribution in [3.8, 4) is 39.3 Å². The van der Waals surface area contributed by atoms with Crippen molar-refractivity contribution in [1.29, 1.82) is 0 Å². The highest BCUT2D eigenvalue weighted by Gasteiger charge is 2.20. The molecule has 2 aromatic heterocycles. The molecule has 2 heterocycles. The van der Waals surface area contributed by atoms with Crippen LogP contribution in [0.2, 0.25) is 0 Å². The minimum atomic E-state index is 0.666. The van der Waals surface area contributed by atoms with Gasteiger partial charge in [-0.2, -0.15) is 0 Å². The molecule has 7 aromatic rings. The van der Waals surface area contributed by atoms with E-state index in [1.807, 2.05) is 6.07 Å². The summed E-state index contributed by atoms with van der Waals surface area (Å²) in [7, 11) is 0. The molecular formula is C34H23N3. The molecule has 37 heavy (non-hydrogen) atoms. The van der Waals surface area contributed by atoms with Gasteiger partial charge in [-0.1, -0.05) is 97.1 Å². The molecule has 0 spiro atoms. The molecule has 0 aliphatic heterocycles. The molecule has 0 fully saturated rings. The third-order valence-electron chi connectivity index (χ3n) is 6.91. The molecule has 0 aliphatic rings. The van der Waals surface area contributed by atoms with Crippen molar-refractivity contribution in [2.75, 3.05) is 0 Å². The summed E-state index contributed by atoms with van der Waals surface area (Å²) in [5, 5.41) is 2.36. The first-order valence-corrected chi connectivity index (χ1v) is 12.4. The lowest BCUT2D eigenvalue weighted by Gasteiger charge is -2.12. The Morgan fingerprint density at radius 3 is 1.65 bits per heavy atom. The van der Waals surface area contributed by atoms with E-state index < -0.39 is 0 Å². The van der Waals surface area contributed by atoms with Crippen LogP contribution in [-0.4, -0.2) is 14.5 Å². The molecule has 3 nitrogen and oxygen atoms in total. The second-order valence-electron chi connectivity index (χ2n) is 9.13. The van der Waals surface area contributed by atoms with Crippen molar-refractivity contribution < 1.29 is 0 Å². The van der Waals surface area contributed by atoms with Crippen LogP contribution < -0.4 is 0 Å². The Morgan fingerprint density at radius 2 is 1.00 bits per heavy atom. The van der Waals surface area contributed by atoms with Crippen LogP contribution in [0.1, 0.15) is 0 Å². The Kier molecular flexibility index (Phi) is 5.11. The molecule has 0 unspecified atom stereocenters. The van der Waals surface area contributed by atoms with Crippen LogP contribution in [0.15, 0.2) is 140 Å². The van der Waals surface area contributed by atoms with E-state index in [4.69, 9.17) is 0 Å². The monoisotopic (exact) mass is 473 g/mol. The van der Waals surface area contributed by atoms with E-state index in [1.165, 1.54) is 33.0 Å². The highest BCUT2D eigenvalue weighted by Crippen LogP contribution is 2.41. The van der Waals surface area contributed by atoms with Gasteiger partial charge in [0, 0.05) is 28.7 Å². The fraction of sp³-hybridized carbons (Fsp3) is 0. The van der Waals surface area contributed by atoms with E-state index in [-0.39, 0.29) is 0 Å². The Balaban J connectivity index is 1.64. The normalized spacial score (nSPS) is 11.2. The minimum absolute atomic E-state index is 0.666. The first-order valence-electron chi connectivity index (χ1n) is 12.4. The fourth-order valence-electron chi connectivity index (χ4n) is 5.21. The zero-order valence-electron chi connectivity index (χ0n) is 20.1. The van der Waals surface area contributed by atoms with Gasteiger partial charge in [0.05, 0.1) is 11.0 Å². The smallest absolute Gasteiger partial charge is 0.234 e. The van der Waals surface area contributed by atoms with Crippen LogP contribution in [0.5, 0.6) is 0 Å². The fourth-order valence-corrected chi connectivity index (χ4v) is 5.21. The first kappa shape index (κ1) is 21.3. The van der Waals surface area contributed by atoms with Crippen molar-refractivity contribution in [2.45, 2.75) is 0 Å². The number of hydrogen-bond acceptors (Lipinski definition) is 2. The van der Waals surface area contributed by atoms with Crippen LogP contribution in [0.25, 0.3) is 61.1 Å². The number of benzene rings is 5. The molecule has 0 aliphatic carbocycles. The summed E-state index contributed by atoms with van der Waals surface area (Å²) in [6.45, 7) is 0. The summed E-state index contributed by atoms with van der Waals surface area (Å²) in [4.78, 5) is 9.34. The summed E-state index contributed by atoms with van der Waals surface area (Å²) in [6, 6.07) is 44.9. The zero-order chi connectivity index (χ0) is 24.6. The Labute approximate surface area is 215 Å². The maximum Gasteiger partial charge on any atom is 0.234 e. The molecule has 7 rings (SSSR count). The van der Waals surface area contributed by atoms with Gasteiger partial charge in [0.2, 0.25) is 5.95 Å². The van der Waals surface area contributed by atoms with Gasteiger partial charge in [0.1, 0.15) is 0 Å². The van der Waals surface area contributed by atoms with Crippen molar-refractivity contribution in [2.24, 2.45) is 0 Å². The van der Waals surface area contributed by atoms with Crippen LogP contribution in [0, 0.1) is 0 Å². The average Bonchev–Trinajstić information content (AvgIpc) is 3.32. The van der Waals surface area contributed by atoms with Gasteiger partial charge in [0.15, 0.2) is 0 Å². The molecule has 0 N–H and O–H groups in total. The summed E-state index contributed by atoms with van der Waals surface area (Å²) in [5.74, 6) is 0.666. The number of rotatable bonds is 4. The summed E-state index contributed by atoms with van der Waals surface area (Å²) < 4.78 is 2.20. The summed E-state index contributed by atoms with van der Waals surface area (Å²) in [5.41, 5.74) is 9.27. The van der Waals surface area contributed by atoms with Gasteiger partial charge in [-0.05, 0) is 58.1 Å². The number of hydrogen-bond donors (Lipinski definition) is 0. The van der Waals surface area contributed by atoms with Crippen LogP contribution in [0.4, 0.5) is 0 Å². The van der Waals surface area contributed by atoms with Crippen LogP contribution in [-0.2, 0) is 0 Å². The molecule has 0 bridgehead atoms. The molecule has 3 heteroatoms. The second-order valence-corrected chi connectivity index (χ2v) is 9.13. The molecule has 0 radical (unpaired) electrons. The van der Waals surface area contributed by atoms with E-state index in [1.54, 1.807) is 12.4 Å². The van der Waals surface area contributed by atoms with Gasteiger partial charge in [-0.3, -0.25) is 4.57 Å². The molecule has 174 valence electrons. The quantitative estimate of drug-likeness (QED) is 0.256. The number of nitrogens with zero attached hydrogens (tertiary/aromatic N) is 3. The standard InChI is InChI=1S/C34H23N3/c1-4-11-24(12-5-1)27-17-18-32-30(21-27)31-23-28(25-13-6-2-7-14-25)22-29(26-15-8-3-9-16-26)33(31)37(32)34-35-19-10-20-36-34/h1-23H. The summed E-state index contributed by atoms with van der Waals surface area (Å²) >= 11 is 0. The van der Waals surface area contributed by atoms with Crippen molar-refractivity contribution >= 4 is 21.8 Å². The van der Waals surface area contributed by atoms with Gasteiger partial charge in [0.25, 0.3) is 0 Å². The third kappa shape index (κ3) is 3.69. The van der Waals surface area contributed by atoms with Crippen LogP contribution in [0.3, 0.4) is 0 Å². The van der Waals surface area contributed by atoms with Gasteiger partial charge < -0.3 is 0 Å². The highest BCUT2D eigenvalue weighted by atomic mass is 15.1. The van der Waals surface area contributed by atoms with Crippen LogP contribution >= 0.6 is 0 Å². The van der Waals surface area contributed by atoms with Crippen molar-refractivity contribution in [3.05, 3.63) is 140 Å². The highest BCUT2D eigenvalue weighted by molar-refractivity contribution is 6.15. The van der Waals surface area contributed by atoms with Gasteiger partial charge in [-0.15, -0.1) is 0 Å². The molecule has 0 atom stereocenters. The zero-order valence-corrected chi connectivity index (χ0v) is 20.1. The first-order chi connectivity index (χ1) is 18.4. The SMILES string of the molecule is c1ccc(-c2ccc3c(c2)c2cc(-c4ccccc4)cc(-c4ccccc4)c2n3-c2ncccn2)cc1. The lowest BCUT2D eigenvalue weighted by molar-refractivity contribution is 0.989. The van der Waals surface area contributed by atoms with E-state index >= 15 is 0 Å². The van der Waals surface area contributed by atoms with E-state index in [0.29, 0.717) is 5.95 Å². The largest absolute Gasteiger partial charge is 0.277 e. The molecule has 0 saturated heterocycles. The maximum atomic E-state index is 4.67. The average molecular weight is 474 g/mol. The lowest BCUT2D eigenvalue weighted by Crippen LogP contribution is -2.01. The van der Waals surface area contributed by atoms with E-state index in [9.17, 15) is 0 Å². The Bertz CT molecular complexity index is 1840. The van der Waals surface area contributed by atoms with Gasteiger partial charge >= 0.3 is 0 Å². The summed E-state index contributed by atoms with van der Waals surface area (Å²) in [6.07, 6.45) is 3.61. The van der Waals surface area contributed by atoms with Gasteiger partial charge in [-0.25, -0.2) is 9.97 Å². The van der Waals surface area contributed by atoms with E-state index in [2.05, 4.69) is 136 Å². The van der Waals surface area contributed by atoms with Crippen molar-refractivity contribution in [1.82, 2.24) is 14.5 Å². The molecule has 5 aromatic carbocycles. The second kappa shape index (κ2) is 8.89. The topological polar surface area (TPSA) is 30.7 Å². The Morgan fingerprint density at radius 1 is 0.432 bits per heavy atom. The lowest BCUT2D eigenvalue weighted by atomic mass is 9.95. The molecule has 0 amide bonds. The number of aromatic nitrogens is 3. The molecular weight excluding hydrogens is 450 g/mol. The Hall–Kier alpha value is -5.02. The third-order valence-corrected chi connectivity index (χ3v) is 6.91. The number of fused-ring (bicyclic) bond motifs is 3. The predicted octanol–water partition coefficient (Wildman–Crippen LogP) is 8.57. The predicted molar refractivity (Wildman–Crippen MR) is 153 cm³/mol.